The van der Waals surface area contributed by atoms with Gasteiger partial charge in [-0.2, -0.15) is 0 Å². The molecule has 7 nitrogen and oxygen atoms in total. The van der Waals surface area contributed by atoms with Gasteiger partial charge < -0.3 is 15.4 Å². The highest BCUT2D eigenvalue weighted by Gasteiger charge is 2.18. The molecule has 0 saturated carbocycles. The normalized spacial score (nSPS) is 16.7. The zero-order valence-electron chi connectivity index (χ0n) is 15.1. The maximum absolute atomic E-state index is 12.6. The Morgan fingerprint density at radius 2 is 2.00 bits per heavy atom. The first kappa shape index (κ1) is 19.2. The number of sulfonamides is 1. The van der Waals surface area contributed by atoms with Gasteiger partial charge in [0, 0.05) is 23.8 Å². The Balaban J connectivity index is 1.69. The van der Waals surface area contributed by atoms with Gasteiger partial charge in [0.15, 0.2) is 0 Å². The second-order valence-corrected chi connectivity index (χ2v) is 8.05. The molecule has 27 heavy (non-hydrogen) atoms. The van der Waals surface area contributed by atoms with Crippen molar-refractivity contribution in [3.05, 3.63) is 54.1 Å². The summed E-state index contributed by atoms with van der Waals surface area (Å²) in [5.41, 5.74) is 0.726. The van der Waals surface area contributed by atoms with Crippen LogP contribution in [0.3, 0.4) is 0 Å². The molecule has 1 fully saturated rings. The van der Waals surface area contributed by atoms with E-state index in [9.17, 15) is 13.2 Å². The van der Waals surface area contributed by atoms with Crippen LogP contribution >= 0.6 is 0 Å². The van der Waals surface area contributed by atoms with Gasteiger partial charge in [0.1, 0.15) is 5.75 Å². The van der Waals surface area contributed by atoms with Crippen LogP contribution in [0.5, 0.6) is 5.75 Å². The van der Waals surface area contributed by atoms with E-state index in [1.54, 1.807) is 43.5 Å². The standard InChI is InChI=1S/C19H23N3O4S/c1-26-17-9-7-15(8-10-17)22-27(24,25)18-6-2-4-14(12-18)19(23)21-13-16-5-3-11-20-16/h2,4,6-10,12,16,20,22H,3,5,11,13H2,1H3,(H,21,23). The molecule has 1 unspecified atom stereocenters. The highest BCUT2D eigenvalue weighted by atomic mass is 32.2. The smallest absolute Gasteiger partial charge is 0.261 e. The maximum Gasteiger partial charge on any atom is 0.261 e. The van der Waals surface area contributed by atoms with Crippen molar-refractivity contribution in [3.63, 3.8) is 0 Å². The third-order valence-corrected chi connectivity index (χ3v) is 5.80. The fourth-order valence-corrected chi connectivity index (χ4v) is 4.03. The third kappa shape index (κ3) is 4.99. The predicted molar refractivity (Wildman–Crippen MR) is 104 cm³/mol. The largest absolute Gasteiger partial charge is 0.497 e. The van der Waals surface area contributed by atoms with Crippen LogP contribution < -0.4 is 20.1 Å². The van der Waals surface area contributed by atoms with E-state index in [0.717, 1.165) is 19.4 Å². The van der Waals surface area contributed by atoms with Crippen molar-refractivity contribution < 1.29 is 17.9 Å². The molecule has 0 radical (unpaired) electrons. The Labute approximate surface area is 159 Å². The molecule has 8 heteroatoms. The number of methoxy groups -OCH3 is 1. The van der Waals surface area contributed by atoms with E-state index < -0.39 is 10.0 Å². The quantitative estimate of drug-likeness (QED) is 0.673. The second-order valence-electron chi connectivity index (χ2n) is 6.37. The Hall–Kier alpha value is -2.58. The van der Waals surface area contributed by atoms with E-state index in [2.05, 4.69) is 15.4 Å². The molecule has 2 aromatic rings. The van der Waals surface area contributed by atoms with Crippen LogP contribution in [0.15, 0.2) is 53.4 Å². The van der Waals surface area contributed by atoms with Gasteiger partial charge in [-0.05, 0) is 61.9 Å². The number of benzene rings is 2. The summed E-state index contributed by atoms with van der Waals surface area (Å²) in [6, 6.07) is 12.8. The average molecular weight is 389 g/mol. The summed E-state index contributed by atoms with van der Waals surface area (Å²) in [4.78, 5) is 12.4. The summed E-state index contributed by atoms with van der Waals surface area (Å²) in [6.45, 7) is 1.49. The van der Waals surface area contributed by atoms with Crippen molar-refractivity contribution in [1.29, 1.82) is 0 Å². The van der Waals surface area contributed by atoms with Gasteiger partial charge in [0.25, 0.3) is 15.9 Å². The van der Waals surface area contributed by atoms with Gasteiger partial charge >= 0.3 is 0 Å². The predicted octanol–water partition coefficient (Wildman–Crippen LogP) is 1.98. The molecular weight excluding hydrogens is 366 g/mol. The minimum Gasteiger partial charge on any atom is -0.497 e. The highest BCUT2D eigenvalue weighted by molar-refractivity contribution is 7.92. The van der Waals surface area contributed by atoms with Gasteiger partial charge in [0.05, 0.1) is 12.0 Å². The van der Waals surface area contributed by atoms with Crippen LogP contribution in [-0.4, -0.2) is 40.6 Å². The summed E-state index contributed by atoms with van der Waals surface area (Å²) in [6.07, 6.45) is 2.13. The summed E-state index contributed by atoms with van der Waals surface area (Å²) in [5.74, 6) is 0.346. The van der Waals surface area contributed by atoms with Crippen molar-refractivity contribution >= 4 is 21.6 Å². The first-order chi connectivity index (χ1) is 13.0. The minimum atomic E-state index is -3.80. The van der Waals surface area contributed by atoms with Crippen molar-refractivity contribution in [3.8, 4) is 5.75 Å². The van der Waals surface area contributed by atoms with E-state index in [0.29, 0.717) is 23.5 Å². The van der Waals surface area contributed by atoms with Crippen molar-refractivity contribution in [1.82, 2.24) is 10.6 Å². The van der Waals surface area contributed by atoms with Crippen LogP contribution in [-0.2, 0) is 10.0 Å². The van der Waals surface area contributed by atoms with Crippen LogP contribution in [0.4, 0.5) is 5.69 Å². The monoisotopic (exact) mass is 389 g/mol. The number of ether oxygens (including phenoxy) is 1. The van der Waals surface area contributed by atoms with Gasteiger partial charge in [0.2, 0.25) is 0 Å². The Morgan fingerprint density at radius 1 is 1.22 bits per heavy atom. The number of hydrogen-bond donors (Lipinski definition) is 3. The molecule has 0 aromatic heterocycles. The van der Waals surface area contributed by atoms with Crippen molar-refractivity contribution in [2.45, 2.75) is 23.8 Å². The SMILES string of the molecule is COc1ccc(NS(=O)(=O)c2cccc(C(=O)NCC3CCCN3)c2)cc1. The van der Waals surface area contributed by atoms with Crippen molar-refractivity contribution in [2.75, 3.05) is 24.9 Å². The van der Waals surface area contributed by atoms with Crippen molar-refractivity contribution in [2.24, 2.45) is 0 Å². The number of rotatable bonds is 7. The molecule has 0 spiro atoms. The van der Waals surface area contributed by atoms with Crippen LogP contribution in [0, 0.1) is 0 Å². The Bertz CT molecular complexity index is 891. The molecule has 1 atom stereocenters. The number of amides is 1. The van der Waals surface area contributed by atoms with Gasteiger partial charge in [-0.25, -0.2) is 8.42 Å². The fraction of sp³-hybridized carbons (Fsp3) is 0.316. The topological polar surface area (TPSA) is 96.5 Å². The first-order valence-electron chi connectivity index (χ1n) is 8.76. The van der Waals surface area contributed by atoms with E-state index in [-0.39, 0.29) is 16.8 Å². The van der Waals surface area contributed by atoms with Gasteiger partial charge in [-0.15, -0.1) is 0 Å². The average Bonchev–Trinajstić information content (AvgIpc) is 3.20. The van der Waals surface area contributed by atoms with Gasteiger partial charge in [-0.3, -0.25) is 9.52 Å². The summed E-state index contributed by atoms with van der Waals surface area (Å²) >= 11 is 0. The Kier molecular flexibility index (Phi) is 5.98. The molecule has 1 heterocycles. The molecule has 1 aliphatic rings. The molecule has 1 saturated heterocycles. The number of hydrogen-bond acceptors (Lipinski definition) is 5. The lowest BCUT2D eigenvalue weighted by molar-refractivity contribution is 0.0950. The van der Waals surface area contributed by atoms with E-state index in [1.807, 2.05) is 0 Å². The summed E-state index contributed by atoms with van der Waals surface area (Å²) in [7, 11) is -2.26. The number of nitrogens with one attached hydrogen (secondary N) is 3. The Morgan fingerprint density at radius 3 is 2.67 bits per heavy atom. The molecule has 0 bridgehead atoms. The lowest BCUT2D eigenvalue weighted by Gasteiger charge is -2.12. The molecule has 3 rings (SSSR count). The molecular formula is C19H23N3O4S. The highest BCUT2D eigenvalue weighted by Crippen LogP contribution is 2.20. The zero-order valence-corrected chi connectivity index (χ0v) is 15.9. The molecule has 2 aromatic carbocycles. The van der Waals surface area contributed by atoms with Crippen LogP contribution in [0.2, 0.25) is 0 Å². The zero-order chi connectivity index (χ0) is 19.3. The molecule has 3 N–H and O–H groups in total. The second kappa shape index (κ2) is 8.41. The van der Waals surface area contributed by atoms with E-state index in [4.69, 9.17) is 4.74 Å². The summed E-state index contributed by atoms with van der Waals surface area (Å²) < 4.78 is 32.8. The van der Waals surface area contributed by atoms with E-state index in [1.165, 1.54) is 12.1 Å². The number of carbonyl (C=O) groups is 1. The van der Waals surface area contributed by atoms with Gasteiger partial charge in [-0.1, -0.05) is 6.07 Å². The fourth-order valence-electron chi connectivity index (χ4n) is 2.93. The molecule has 1 aliphatic heterocycles. The molecule has 1 amide bonds. The molecule has 144 valence electrons. The maximum atomic E-state index is 12.6. The van der Waals surface area contributed by atoms with Crippen LogP contribution in [0.1, 0.15) is 23.2 Å². The lowest BCUT2D eigenvalue weighted by atomic mass is 10.2. The van der Waals surface area contributed by atoms with E-state index >= 15 is 0 Å². The first-order valence-corrected chi connectivity index (χ1v) is 10.2. The molecule has 0 aliphatic carbocycles. The number of anilines is 1. The lowest BCUT2D eigenvalue weighted by Crippen LogP contribution is -2.37. The third-order valence-electron chi connectivity index (χ3n) is 4.42. The summed E-state index contributed by atoms with van der Waals surface area (Å²) in [5, 5.41) is 6.16. The minimum absolute atomic E-state index is 0.0324. The van der Waals surface area contributed by atoms with Crippen LogP contribution in [0.25, 0.3) is 0 Å². The number of carbonyl (C=O) groups excluding carboxylic acids is 1.